The van der Waals surface area contributed by atoms with Gasteiger partial charge in [-0.3, -0.25) is 9.59 Å². The third-order valence-corrected chi connectivity index (χ3v) is 4.28. The highest BCUT2D eigenvalue weighted by atomic mass is 35.5. The minimum Gasteiger partial charge on any atom is -0.351 e. The van der Waals surface area contributed by atoms with E-state index in [4.69, 9.17) is 5.73 Å². The van der Waals surface area contributed by atoms with Gasteiger partial charge in [0.05, 0.1) is 6.04 Å². The van der Waals surface area contributed by atoms with Gasteiger partial charge in [-0.25, -0.2) is 0 Å². The van der Waals surface area contributed by atoms with E-state index in [9.17, 15) is 9.59 Å². The number of benzene rings is 2. The number of carbonyl (C=O) groups is 2. The molecule has 2 rings (SSSR count). The Labute approximate surface area is 167 Å². The lowest BCUT2D eigenvalue weighted by Gasteiger charge is -2.14. The van der Waals surface area contributed by atoms with E-state index in [1.54, 1.807) is 12.1 Å². The van der Waals surface area contributed by atoms with Crippen LogP contribution in [0.25, 0.3) is 0 Å². The summed E-state index contributed by atoms with van der Waals surface area (Å²) >= 11 is 0. The van der Waals surface area contributed by atoms with Crippen LogP contribution >= 0.6 is 12.4 Å². The molecule has 0 saturated carbocycles. The first kappa shape index (κ1) is 22.7. The second-order valence-corrected chi connectivity index (χ2v) is 6.50. The molecule has 2 aromatic rings. The molecule has 0 spiro atoms. The minimum atomic E-state index is -0.603. The highest BCUT2D eigenvalue weighted by Crippen LogP contribution is 2.07. The smallest absolute Gasteiger partial charge is 0.251 e. The molecule has 1 unspecified atom stereocenters. The molecule has 0 saturated heterocycles. The van der Waals surface area contributed by atoms with E-state index in [-0.39, 0.29) is 30.3 Å². The molecule has 4 N–H and O–H groups in total. The number of hydrogen-bond donors (Lipinski definition) is 3. The number of rotatable bonds is 8. The van der Waals surface area contributed by atoms with E-state index in [1.165, 1.54) is 0 Å². The molecule has 0 aliphatic heterocycles. The van der Waals surface area contributed by atoms with Crippen molar-refractivity contribution in [3.63, 3.8) is 0 Å². The van der Waals surface area contributed by atoms with E-state index in [0.29, 0.717) is 18.5 Å². The molecular formula is C21H28ClN3O2. The second-order valence-electron chi connectivity index (χ2n) is 6.50. The van der Waals surface area contributed by atoms with Crippen molar-refractivity contribution >= 4 is 24.2 Å². The molecule has 0 radical (unpaired) electrons. The normalized spacial score (nSPS) is 12.4. The van der Waals surface area contributed by atoms with E-state index in [1.807, 2.05) is 56.3 Å². The lowest BCUT2D eigenvalue weighted by molar-refractivity contribution is -0.122. The van der Waals surface area contributed by atoms with Crippen LogP contribution < -0.4 is 16.4 Å². The highest BCUT2D eigenvalue weighted by molar-refractivity contribution is 5.94. The van der Waals surface area contributed by atoms with Crippen molar-refractivity contribution < 1.29 is 9.59 Å². The largest absolute Gasteiger partial charge is 0.351 e. The summed E-state index contributed by atoms with van der Waals surface area (Å²) in [4.78, 5) is 24.4. The summed E-state index contributed by atoms with van der Waals surface area (Å²) in [5.74, 6) is -0.309. The number of nitrogens with one attached hydrogen (secondary N) is 2. The fourth-order valence-corrected chi connectivity index (χ4v) is 2.51. The molecule has 2 amide bonds. The Hall–Kier alpha value is -2.37. The van der Waals surface area contributed by atoms with Crippen LogP contribution in [-0.4, -0.2) is 23.9 Å². The van der Waals surface area contributed by atoms with Gasteiger partial charge in [-0.2, -0.15) is 0 Å². The van der Waals surface area contributed by atoms with Crippen molar-refractivity contribution in [3.8, 4) is 0 Å². The van der Waals surface area contributed by atoms with Crippen molar-refractivity contribution in [1.29, 1.82) is 0 Å². The zero-order valence-corrected chi connectivity index (χ0v) is 16.6. The molecule has 6 heteroatoms. The summed E-state index contributed by atoms with van der Waals surface area (Å²) in [7, 11) is 0. The zero-order chi connectivity index (χ0) is 18.9. The van der Waals surface area contributed by atoms with Gasteiger partial charge in [0.2, 0.25) is 5.91 Å². The fourth-order valence-electron chi connectivity index (χ4n) is 2.51. The van der Waals surface area contributed by atoms with Crippen molar-refractivity contribution in [3.05, 3.63) is 71.3 Å². The quantitative estimate of drug-likeness (QED) is 0.649. The van der Waals surface area contributed by atoms with Crippen LogP contribution in [0, 0.1) is 0 Å². The maximum Gasteiger partial charge on any atom is 0.251 e. The van der Waals surface area contributed by atoms with Crippen molar-refractivity contribution in [2.24, 2.45) is 5.73 Å². The van der Waals surface area contributed by atoms with Gasteiger partial charge < -0.3 is 16.4 Å². The molecule has 2 atom stereocenters. The molecule has 0 heterocycles. The van der Waals surface area contributed by atoms with Crippen LogP contribution in [0.1, 0.15) is 41.8 Å². The average Bonchev–Trinajstić information content (AvgIpc) is 2.66. The van der Waals surface area contributed by atoms with Crippen LogP contribution in [-0.2, 0) is 17.8 Å². The molecule has 0 aliphatic rings. The van der Waals surface area contributed by atoms with E-state index in [0.717, 1.165) is 17.5 Å². The van der Waals surface area contributed by atoms with Crippen molar-refractivity contribution in [1.82, 2.24) is 10.6 Å². The Morgan fingerprint density at radius 3 is 2.37 bits per heavy atom. The lowest BCUT2D eigenvalue weighted by Crippen LogP contribution is -2.41. The SMILES string of the molecule is CCC(C)NC(=O)c1cccc(CNC(=O)[C@@H](N)Cc2ccccc2)c1.Cl. The lowest BCUT2D eigenvalue weighted by atomic mass is 10.1. The number of hydrogen-bond acceptors (Lipinski definition) is 3. The van der Waals surface area contributed by atoms with Gasteiger partial charge in [0.1, 0.15) is 0 Å². The third kappa shape index (κ3) is 7.41. The van der Waals surface area contributed by atoms with Gasteiger partial charge in [0.15, 0.2) is 0 Å². The predicted molar refractivity (Wildman–Crippen MR) is 111 cm³/mol. The van der Waals surface area contributed by atoms with Gasteiger partial charge in [-0.05, 0) is 43.0 Å². The number of halogens is 1. The summed E-state index contributed by atoms with van der Waals surface area (Å²) in [6.45, 7) is 4.33. The predicted octanol–water partition coefficient (Wildman–Crippen LogP) is 2.82. The molecule has 146 valence electrons. The monoisotopic (exact) mass is 389 g/mol. The Bertz CT molecular complexity index is 737. The standard InChI is InChI=1S/C21H27N3O2.ClH/c1-3-15(2)24-20(25)18-11-7-10-17(12-18)14-23-21(26)19(22)13-16-8-5-4-6-9-16;/h4-12,15,19H,3,13-14,22H2,1-2H3,(H,23,26)(H,24,25);1H/t15?,19-;/m0./s1. The molecule has 0 aromatic heterocycles. The van der Waals surface area contributed by atoms with Crippen LogP contribution in [0.15, 0.2) is 54.6 Å². The van der Waals surface area contributed by atoms with E-state index < -0.39 is 6.04 Å². The maximum absolute atomic E-state index is 12.2. The number of carbonyl (C=O) groups excluding carboxylic acids is 2. The van der Waals surface area contributed by atoms with E-state index in [2.05, 4.69) is 10.6 Å². The van der Waals surface area contributed by atoms with Crippen LogP contribution in [0.5, 0.6) is 0 Å². The summed E-state index contributed by atoms with van der Waals surface area (Å²) in [5.41, 5.74) is 8.46. The number of amides is 2. The Balaban J connectivity index is 0.00000364. The second kappa shape index (κ2) is 11.4. The number of nitrogens with two attached hydrogens (primary N) is 1. The summed E-state index contributed by atoms with van der Waals surface area (Å²) in [6.07, 6.45) is 1.37. The molecule has 0 bridgehead atoms. The Kier molecular flexibility index (Phi) is 9.54. The molecule has 0 aliphatic carbocycles. The molecule has 5 nitrogen and oxygen atoms in total. The molecule has 0 fully saturated rings. The Morgan fingerprint density at radius 1 is 1.04 bits per heavy atom. The van der Waals surface area contributed by atoms with Crippen LogP contribution in [0.3, 0.4) is 0 Å². The Morgan fingerprint density at radius 2 is 1.70 bits per heavy atom. The minimum absolute atomic E-state index is 0. The van der Waals surface area contributed by atoms with Crippen LogP contribution in [0.2, 0.25) is 0 Å². The molecule has 2 aromatic carbocycles. The third-order valence-electron chi connectivity index (χ3n) is 4.28. The summed E-state index contributed by atoms with van der Waals surface area (Å²) in [5, 5.41) is 5.78. The zero-order valence-electron chi connectivity index (χ0n) is 15.8. The van der Waals surface area contributed by atoms with Gasteiger partial charge in [-0.15, -0.1) is 12.4 Å². The van der Waals surface area contributed by atoms with Gasteiger partial charge in [0, 0.05) is 18.2 Å². The van der Waals surface area contributed by atoms with Crippen LogP contribution in [0.4, 0.5) is 0 Å². The van der Waals surface area contributed by atoms with Gasteiger partial charge in [0.25, 0.3) is 5.91 Å². The first-order valence-electron chi connectivity index (χ1n) is 8.96. The van der Waals surface area contributed by atoms with Gasteiger partial charge >= 0.3 is 0 Å². The molecule has 27 heavy (non-hydrogen) atoms. The first-order valence-corrected chi connectivity index (χ1v) is 8.96. The first-order chi connectivity index (χ1) is 12.5. The van der Waals surface area contributed by atoms with Crippen molar-refractivity contribution in [2.45, 2.75) is 45.3 Å². The highest BCUT2D eigenvalue weighted by Gasteiger charge is 2.14. The van der Waals surface area contributed by atoms with Gasteiger partial charge in [-0.1, -0.05) is 49.4 Å². The summed E-state index contributed by atoms with van der Waals surface area (Å²) in [6, 6.07) is 16.5. The summed E-state index contributed by atoms with van der Waals surface area (Å²) < 4.78 is 0. The topological polar surface area (TPSA) is 84.2 Å². The maximum atomic E-state index is 12.2. The fraction of sp³-hybridized carbons (Fsp3) is 0.333. The van der Waals surface area contributed by atoms with Crippen molar-refractivity contribution in [2.75, 3.05) is 0 Å². The molecular weight excluding hydrogens is 362 g/mol. The van der Waals surface area contributed by atoms with E-state index >= 15 is 0 Å². The average molecular weight is 390 g/mol.